The molecule has 6 heteroatoms. The molecular formula is C21H23N3O2S. The number of rotatable bonds is 9. The number of ether oxygens (including phenoxy) is 1. The molecule has 0 bridgehead atoms. The fourth-order valence-electron chi connectivity index (χ4n) is 2.62. The van der Waals surface area contributed by atoms with Gasteiger partial charge in [-0.05, 0) is 42.0 Å². The van der Waals surface area contributed by atoms with E-state index in [1.165, 1.54) is 0 Å². The monoisotopic (exact) mass is 381 g/mol. The topological polar surface area (TPSA) is 64.1 Å². The van der Waals surface area contributed by atoms with Gasteiger partial charge in [0.1, 0.15) is 11.4 Å². The number of benzene rings is 1. The van der Waals surface area contributed by atoms with Gasteiger partial charge in [0.2, 0.25) is 5.91 Å². The van der Waals surface area contributed by atoms with E-state index >= 15 is 0 Å². The quantitative estimate of drug-likeness (QED) is 0.602. The first-order chi connectivity index (χ1) is 13.3. The Morgan fingerprint density at radius 3 is 2.70 bits per heavy atom. The van der Waals surface area contributed by atoms with Crippen molar-refractivity contribution in [3.63, 3.8) is 0 Å². The minimum absolute atomic E-state index is 0.00379. The van der Waals surface area contributed by atoms with Crippen molar-refractivity contribution in [3.8, 4) is 16.3 Å². The van der Waals surface area contributed by atoms with Gasteiger partial charge in [-0.1, -0.05) is 25.1 Å². The molecule has 0 saturated carbocycles. The summed E-state index contributed by atoms with van der Waals surface area (Å²) in [4.78, 5) is 22.0. The molecule has 1 aromatic carbocycles. The molecule has 2 heterocycles. The molecule has 1 amide bonds. The zero-order valence-corrected chi connectivity index (χ0v) is 16.2. The smallest absolute Gasteiger partial charge is 0.220 e. The van der Waals surface area contributed by atoms with Crippen LogP contribution in [0.5, 0.6) is 5.75 Å². The van der Waals surface area contributed by atoms with Crippen molar-refractivity contribution < 1.29 is 9.53 Å². The summed E-state index contributed by atoms with van der Waals surface area (Å²) in [6.07, 6.45) is 5.44. The summed E-state index contributed by atoms with van der Waals surface area (Å²) >= 11 is 1.61. The van der Waals surface area contributed by atoms with Crippen molar-refractivity contribution in [1.82, 2.24) is 15.3 Å². The molecule has 0 aliphatic heterocycles. The lowest BCUT2D eigenvalue weighted by molar-refractivity contribution is -0.121. The number of amides is 1. The summed E-state index contributed by atoms with van der Waals surface area (Å²) in [5.41, 5.74) is 2.73. The molecule has 0 aliphatic rings. The molecule has 0 unspecified atom stereocenters. The fraction of sp³-hybridized carbons (Fsp3) is 0.286. The molecule has 0 spiro atoms. The third-order valence-electron chi connectivity index (χ3n) is 4.02. The van der Waals surface area contributed by atoms with Crippen LogP contribution in [0.2, 0.25) is 0 Å². The Kier molecular flexibility index (Phi) is 6.93. The minimum Gasteiger partial charge on any atom is -0.494 e. The van der Waals surface area contributed by atoms with Gasteiger partial charge in [-0.2, -0.15) is 0 Å². The number of aryl methyl sites for hydroxylation is 1. The van der Waals surface area contributed by atoms with Crippen molar-refractivity contribution in [2.24, 2.45) is 0 Å². The van der Waals surface area contributed by atoms with Crippen LogP contribution >= 0.6 is 11.3 Å². The number of carbonyl (C=O) groups excluding carboxylic acids is 1. The predicted octanol–water partition coefficient (Wildman–Crippen LogP) is 4.24. The average Bonchev–Trinajstić information content (AvgIpc) is 3.25. The minimum atomic E-state index is 0.00379. The van der Waals surface area contributed by atoms with Crippen LogP contribution in [-0.4, -0.2) is 22.5 Å². The zero-order valence-electron chi connectivity index (χ0n) is 15.4. The number of nitrogens with one attached hydrogen (secondary N) is 1. The van der Waals surface area contributed by atoms with Crippen LogP contribution in [-0.2, 0) is 17.8 Å². The van der Waals surface area contributed by atoms with E-state index in [1.54, 1.807) is 23.7 Å². The zero-order chi connectivity index (χ0) is 18.9. The molecule has 0 aliphatic carbocycles. The van der Waals surface area contributed by atoms with Crippen LogP contribution in [0, 0.1) is 0 Å². The second kappa shape index (κ2) is 9.83. The highest BCUT2D eigenvalue weighted by Crippen LogP contribution is 2.24. The Morgan fingerprint density at radius 1 is 1.15 bits per heavy atom. The van der Waals surface area contributed by atoms with E-state index in [4.69, 9.17) is 4.74 Å². The molecule has 0 atom stereocenters. The Bertz CT molecular complexity index is 848. The van der Waals surface area contributed by atoms with Gasteiger partial charge in [-0.3, -0.25) is 14.8 Å². The van der Waals surface area contributed by atoms with Gasteiger partial charge in [-0.25, -0.2) is 0 Å². The van der Waals surface area contributed by atoms with Crippen LogP contribution < -0.4 is 10.1 Å². The van der Waals surface area contributed by atoms with Gasteiger partial charge in [0, 0.05) is 18.8 Å². The molecule has 140 valence electrons. The van der Waals surface area contributed by atoms with Crippen LogP contribution in [0.15, 0.2) is 54.2 Å². The van der Waals surface area contributed by atoms with E-state index in [1.807, 2.05) is 41.8 Å². The van der Waals surface area contributed by atoms with E-state index < -0.39 is 0 Å². The number of hydrogen-bond donors (Lipinski definition) is 1. The number of thiophene rings is 1. The Balaban J connectivity index is 1.49. The maximum absolute atomic E-state index is 12.2. The Hall–Kier alpha value is -2.73. The summed E-state index contributed by atoms with van der Waals surface area (Å²) in [6, 6.07) is 11.9. The summed E-state index contributed by atoms with van der Waals surface area (Å²) in [5, 5.41) is 4.95. The lowest BCUT2D eigenvalue weighted by atomic mass is 10.1. The van der Waals surface area contributed by atoms with E-state index in [0.29, 0.717) is 19.4 Å². The molecule has 27 heavy (non-hydrogen) atoms. The summed E-state index contributed by atoms with van der Waals surface area (Å²) in [5.74, 6) is 0.873. The number of nitrogens with zero attached hydrogens (tertiary/aromatic N) is 2. The molecular weight excluding hydrogens is 358 g/mol. The third kappa shape index (κ3) is 5.62. The van der Waals surface area contributed by atoms with E-state index in [9.17, 15) is 4.79 Å². The summed E-state index contributed by atoms with van der Waals surface area (Å²) in [6.45, 7) is 3.18. The highest BCUT2D eigenvalue weighted by Gasteiger charge is 2.10. The second-order valence-electron chi connectivity index (χ2n) is 6.10. The standard InChI is InChI=1S/C21H23N3O2S/c1-2-13-26-17-8-5-16(6-9-17)7-10-20(25)24-15-18-21(23-12-11-22-18)19-4-3-14-27-19/h3-6,8-9,11-12,14H,2,7,10,13,15H2,1H3,(H,24,25). The fourth-order valence-corrected chi connectivity index (χ4v) is 3.36. The molecule has 2 aromatic heterocycles. The van der Waals surface area contributed by atoms with Crippen LogP contribution in [0.1, 0.15) is 31.0 Å². The van der Waals surface area contributed by atoms with E-state index in [2.05, 4.69) is 22.2 Å². The summed E-state index contributed by atoms with van der Waals surface area (Å²) < 4.78 is 5.57. The van der Waals surface area contributed by atoms with Crippen molar-refractivity contribution >= 4 is 17.2 Å². The van der Waals surface area contributed by atoms with Crippen LogP contribution in [0.4, 0.5) is 0 Å². The first kappa shape index (κ1) is 19.0. The largest absolute Gasteiger partial charge is 0.494 e. The van der Waals surface area contributed by atoms with Gasteiger partial charge in [0.15, 0.2) is 0 Å². The van der Waals surface area contributed by atoms with Crippen molar-refractivity contribution in [2.75, 3.05) is 6.61 Å². The third-order valence-corrected chi connectivity index (χ3v) is 4.90. The molecule has 5 nitrogen and oxygen atoms in total. The highest BCUT2D eigenvalue weighted by atomic mass is 32.1. The highest BCUT2D eigenvalue weighted by molar-refractivity contribution is 7.13. The van der Waals surface area contributed by atoms with E-state index in [0.717, 1.165) is 40.6 Å². The van der Waals surface area contributed by atoms with Crippen molar-refractivity contribution in [2.45, 2.75) is 32.7 Å². The van der Waals surface area contributed by atoms with Gasteiger partial charge < -0.3 is 10.1 Å². The van der Waals surface area contributed by atoms with Gasteiger partial charge in [0.05, 0.1) is 23.7 Å². The second-order valence-corrected chi connectivity index (χ2v) is 7.05. The normalized spacial score (nSPS) is 10.6. The first-order valence-corrected chi connectivity index (χ1v) is 9.96. The first-order valence-electron chi connectivity index (χ1n) is 9.08. The lowest BCUT2D eigenvalue weighted by Crippen LogP contribution is -2.24. The van der Waals surface area contributed by atoms with Crippen LogP contribution in [0.25, 0.3) is 10.6 Å². The predicted molar refractivity (Wildman–Crippen MR) is 108 cm³/mol. The molecule has 0 saturated heterocycles. The Morgan fingerprint density at radius 2 is 1.96 bits per heavy atom. The number of aromatic nitrogens is 2. The molecule has 0 fully saturated rings. The Labute approximate surface area is 163 Å². The van der Waals surface area contributed by atoms with Gasteiger partial charge in [-0.15, -0.1) is 11.3 Å². The molecule has 3 rings (SSSR count). The SMILES string of the molecule is CCCOc1ccc(CCC(=O)NCc2nccnc2-c2cccs2)cc1. The van der Waals surface area contributed by atoms with E-state index in [-0.39, 0.29) is 5.91 Å². The lowest BCUT2D eigenvalue weighted by Gasteiger charge is -2.08. The van der Waals surface area contributed by atoms with Gasteiger partial charge in [0.25, 0.3) is 0 Å². The molecule has 0 radical (unpaired) electrons. The number of hydrogen-bond acceptors (Lipinski definition) is 5. The molecule has 3 aromatic rings. The van der Waals surface area contributed by atoms with Crippen molar-refractivity contribution in [1.29, 1.82) is 0 Å². The average molecular weight is 382 g/mol. The molecule has 1 N–H and O–H groups in total. The van der Waals surface area contributed by atoms with Crippen LogP contribution in [0.3, 0.4) is 0 Å². The number of carbonyl (C=O) groups is 1. The van der Waals surface area contributed by atoms with Crippen molar-refractivity contribution in [3.05, 3.63) is 65.4 Å². The van der Waals surface area contributed by atoms with Gasteiger partial charge >= 0.3 is 0 Å². The summed E-state index contributed by atoms with van der Waals surface area (Å²) in [7, 11) is 0. The maximum atomic E-state index is 12.2. The maximum Gasteiger partial charge on any atom is 0.220 e.